The van der Waals surface area contributed by atoms with Gasteiger partial charge in [0.25, 0.3) is 5.91 Å². The van der Waals surface area contributed by atoms with E-state index >= 15 is 4.79 Å². The number of hydrogen-bond donors (Lipinski definition) is 1. The van der Waals surface area contributed by atoms with Crippen molar-refractivity contribution in [2.24, 2.45) is 0 Å². The molecule has 302 valence electrons. The molecule has 4 aromatic heterocycles. The Morgan fingerprint density at radius 3 is 2.36 bits per heavy atom. The van der Waals surface area contributed by atoms with Crippen LogP contribution in [0.5, 0.6) is 11.5 Å². The fraction of sp³-hybridized carbons (Fsp3) is 0.283. The number of pyridine rings is 1. The summed E-state index contributed by atoms with van der Waals surface area (Å²) in [7, 11) is 1.33. The van der Waals surface area contributed by atoms with Crippen LogP contribution in [0.2, 0.25) is 10.0 Å². The standard InChI is InChI=1S/C46H44Cl2N6O5/c1-24-16-33(17-25(2)41(24)48)59-15-9-12-34-35-13-14-36(47)40(39-28(5)49-23-50-29(39)6)43(35)54-27(4)21-53(45(56)44(34)54)37-20-32(55)18-30-19-38(46(57)58-7)52(42(30)37)22-31-11-8-10-26(3)51-31/h8,10-11,13-14,16-20,23,27,55H,9,12,15,21-22H2,1-7H3/t27-/m1/s1. The first-order valence-electron chi connectivity index (χ1n) is 19.5. The number of amides is 1. The minimum absolute atomic E-state index is 0.0459. The summed E-state index contributed by atoms with van der Waals surface area (Å²) >= 11 is 13.6. The lowest BCUT2D eigenvalue weighted by Crippen LogP contribution is -2.43. The van der Waals surface area contributed by atoms with Crippen LogP contribution < -0.4 is 9.64 Å². The van der Waals surface area contributed by atoms with Crippen LogP contribution in [-0.2, 0) is 17.7 Å². The quantitative estimate of drug-likeness (QED) is 0.107. The van der Waals surface area contributed by atoms with Gasteiger partial charge in [-0.3, -0.25) is 9.78 Å². The Morgan fingerprint density at radius 2 is 1.66 bits per heavy atom. The average Bonchev–Trinajstić information content (AvgIpc) is 3.72. The molecule has 7 aromatic rings. The number of phenols is 1. The van der Waals surface area contributed by atoms with E-state index in [9.17, 15) is 9.90 Å². The van der Waals surface area contributed by atoms with E-state index in [1.54, 1.807) is 29.4 Å². The van der Waals surface area contributed by atoms with Crippen molar-refractivity contribution in [2.75, 3.05) is 25.2 Å². The van der Waals surface area contributed by atoms with Gasteiger partial charge in [-0.05, 0) is 114 Å². The van der Waals surface area contributed by atoms with Gasteiger partial charge in [0, 0.05) is 62.7 Å². The Balaban J connectivity index is 1.30. The van der Waals surface area contributed by atoms with Gasteiger partial charge in [-0.1, -0.05) is 35.3 Å². The molecule has 13 heteroatoms. The molecule has 3 aromatic carbocycles. The summed E-state index contributed by atoms with van der Waals surface area (Å²) in [6, 6.07) is 18.0. The first kappa shape index (κ1) is 39.9. The van der Waals surface area contributed by atoms with E-state index < -0.39 is 5.97 Å². The van der Waals surface area contributed by atoms with Gasteiger partial charge in [-0.2, -0.15) is 0 Å². The van der Waals surface area contributed by atoms with Gasteiger partial charge in [0.15, 0.2) is 0 Å². The number of ether oxygens (including phenoxy) is 2. The third-order valence-corrected chi connectivity index (χ3v) is 12.1. The molecule has 59 heavy (non-hydrogen) atoms. The molecule has 0 aliphatic carbocycles. The number of carbonyl (C=O) groups excluding carboxylic acids is 2. The minimum atomic E-state index is -0.550. The zero-order valence-electron chi connectivity index (χ0n) is 34.0. The second-order valence-electron chi connectivity index (χ2n) is 15.3. The van der Waals surface area contributed by atoms with Crippen LogP contribution in [-0.4, -0.2) is 61.3 Å². The van der Waals surface area contributed by atoms with Crippen molar-refractivity contribution in [3.05, 3.63) is 128 Å². The van der Waals surface area contributed by atoms with Crippen molar-refractivity contribution in [1.29, 1.82) is 0 Å². The Morgan fingerprint density at radius 1 is 0.932 bits per heavy atom. The molecule has 1 atom stereocenters. The number of aryl methyl sites for hydroxylation is 6. The summed E-state index contributed by atoms with van der Waals surface area (Å²) in [5.74, 6) is -0.121. The Hall–Kier alpha value is -5.91. The minimum Gasteiger partial charge on any atom is -0.508 e. The van der Waals surface area contributed by atoms with E-state index in [1.165, 1.54) is 7.11 Å². The summed E-state index contributed by atoms with van der Waals surface area (Å²) in [6.07, 6.45) is 2.66. The highest BCUT2D eigenvalue weighted by molar-refractivity contribution is 6.35. The molecule has 1 amide bonds. The largest absolute Gasteiger partial charge is 0.508 e. The summed E-state index contributed by atoms with van der Waals surface area (Å²) in [5, 5.41) is 13.9. The van der Waals surface area contributed by atoms with Crippen molar-refractivity contribution in [3.8, 4) is 22.6 Å². The van der Waals surface area contributed by atoms with Gasteiger partial charge in [0.2, 0.25) is 0 Å². The lowest BCUT2D eigenvalue weighted by atomic mass is 9.97. The number of phenolic OH excluding ortho intramolecular Hbond substituents is 1. The van der Waals surface area contributed by atoms with Crippen molar-refractivity contribution in [1.82, 2.24) is 24.1 Å². The second kappa shape index (κ2) is 15.7. The molecule has 0 saturated carbocycles. The smallest absolute Gasteiger partial charge is 0.354 e. The molecule has 1 aliphatic rings. The van der Waals surface area contributed by atoms with Crippen LogP contribution in [0.4, 0.5) is 5.69 Å². The zero-order chi connectivity index (χ0) is 41.9. The molecule has 8 rings (SSSR count). The number of hydrogen-bond acceptors (Lipinski definition) is 8. The number of halogens is 2. The summed E-state index contributed by atoms with van der Waals surface area (Å²) in [6.45, 7) is 12.6. The number of nitrogens with zero attached hydrogens (tertiary/aromatic N) is 6. The van der Waals surface area contributed by atoms with E-state index in [1.807, 2.05) is 81.7 Å². The SMILES string of the molecule is COC(=O)c1cc2cc(O)cc(N3C[C@@H](C)n4c(c(CCCOc5cc(C)c(Cl)c(C)c5)c5ccc(Cl)c(-c6c(C)ncnc6C)c54)C3=O)c2n1Cc1cccc(C)n1. The van der Waals surface area contributed by atoms with Gasteiger partial charge in [0.05, 0.1) is 47.7 Å². The van der Waals surface area contributed by atoms with E-state index in [2.05, 4.69) is 21.5 Å². The van der Waals surface area contributed by atoms with Gasteiger partial charge in [-0.15, -0.1) is 0 Å². The lowest BCUT2D eigenvalue weighted by Gasteiger charge is -2.35. The Kier molecular flexibility index (Phi) is 10.6. The molecule has 11 nitrogen and oxygen atoms in total. The summed E-state index contributed by atoms with van der Waals surface area (Å²) < 4.78 is 15.4. The highest BCUT2D eigenvalue weighted by atomic mass is 35.5. The van der Waals surface area contributed by atoms with Crippen LogP contribution in [0.15, 0.2) is 67.0 Å². The van der Waals surface area contributed by atoms with Crippen molar-refractivity contribution >= 4 is 62.6 Å². The Labute approximate surface area is 352 Å². The van der Waals surface area contributed by atoms with Gasteiger partial charge >= 0.3 is 5.97 Å². The van der Waals surface area contributed by atoms with Crippen LogP contribution in [0.25, 0.3) is 32.9 Å². The predicted molar refractivity (Wildman–Crippen MR) is 232 cm³/mol. The maximum Gasteiger partial charge on any atom is 0.354 e. The van der Waals surface area contributed by atoms with E-state index in [0.717, 1.165) is 72.3 Å². The average molecular weight is 832 g/mol. The van der Waals surface area contributed by atoms with Crippen molar-refractivity contribution in [3.63, 3.8) is 0 Å². The normalized spacial score (nSPS) is 14.0. The van der Waals surface area contributed by atoms with Gasteiger partial charge in [-0.25, -0.2) is 14.8 Å². The maximum atomic E-state index is 15.5. The first-order chi connectivity index (χ1) is 28.3. The molecular formula is C46H44Cl2N6O5. The second-order valence-corrected chi connectivity index (χ2v) is 16.1. The highest BCUT2D eigenvalue weighted by Gasteiger charge is 2.38. The maximum absolute atomic E-state index is 15.5. The van der Waals surface area contributed by atoms with Crippen LogP contribution in [0, 0.1) is 34.6 Å². The number of methoxy groups -OCH3 is 1. The van der Waals surface area contributed by atoms with E-state index in [4.69, 9.17) is 37.7 Å². The molecule has 0 unspecified atom stereocenters. The summed E-state index contributed by atoms with van der Waals surface area (Å²) in [4.78, 5) is 44.2. The van der Waals surface area contributed by atoms with Gasteiger partial charge < -0.3 is 28.6 Å². The first-order valence-corrected chi connectivity index (χ1v) is 20.2. The van der Waals surface area contributed by atoms with E-state index in [-0.39, 0.29) is 36.5 Å². The van der Waals surface area contributed by atoms with Crippen LogP contribution >= 0.6 is 23.2 Å². The third kappa shape index (κ3) is 7.06. The number of carbonyl (C=O) groups is 2. The number of aromatic nitrogens is 5. The predicted octanol–water partition coefficient (Wildman–Crippen LogP) is 10.1. The molecule has 1 aliphatic heterocycles. The molecule has 1 N–H and O–H groups in total. The number of fused-ring (bicyclic) bond motifs is 4. The fourth-order valence-electron chi connectivity index (χ4n) is 8.63. The third-order valence-electron chi connectivity index (χ3n) is 11.2. The Bertz CT molecular complexity index is 2800. The lowest BCUT2D eigenvalue weighted by molar-refractivity contribution is 0.0589. The van der Waals surface area contributed by atoms with Crippen molar-refractivity contribution < 1.29 is 24.2 Å². The topological polar surface area (TPSA) is 125 Å². The number of rotatable bonds is 10. The molecule has 5 heterocycles. The molecular weight excluding hydrogens is 787 g/mol. The summed E-state index contributed by atoms with van der Waals surface area (Å²) in [5.41, 5.74) is 10.1. The zero-order valence-corrected chi connectivity index (χ0v) is 35.5. The fourth-order valence-corrected chi connectivity index (χ4v) is 8.98. The monoisotopic (exact) mass is 830 g/mol. The van der Waals surface area contributed by atoms with Crippen molar-refractivity contribution in [2.45, 2.75) is 67.0 Å². The molecule has 0 bridgehead atoms. The van der Waals surface area contributed by atoms with E-state index in [0.29, 0.717) is 46.8 Å². The molecule has 0 radical (unpaired) electrons. The highest BCUT2D eigenvalue weighted by Crippen LogP contribution is 2.46. The number of benzene rings is 3. The number of anilines is 1. The molecule has 0 fully saturated rings. The van der Waals surface area contributed by atoms with Gasteiger partial charge in [0.1, 0.15) is 29.2 Å². The molecule has 0 saturated heterocycles. The molecule has 0 spiro atoms. The van der Waals surface area contributed by atoms with Crippen LogP contribution in [0.1, 0.15) is 79.8 Å². The van der Waals surface area contributed by atoms with Crippen LogP contribution in [0.3, 0.4) is 0 Å². The number of aromatic hydroxyl groups is 1. The number of esters is 1.